The molecule has 14 heavy (non-hydrogen) atoms. The van der Waals surface area contributed by atoms with Crippen LogP contribution in [0.3, 0.4) is 0 Å². The van der Waals surface area contributed by atoms with Gasteiger partial charge < -0.3 is 0 Å². The summed E-state index contributed by atoms with van der Waals surface area (Å²) < 4.78 is 0. The van der Waals surface area contributed by atoms with Gasteiger partial charge in [-0.3, -0.25) is 0 Å². The number of halogens is 2. The predicted octanol–water partition coefficient (Wildman–Crippen LogP) is 4.75. The van der Waals surface area contributed by atoms with Crippen molar-refractivity contribution in [2.45, 2.75) is 33.6 Å². The fourth-order valence-electron chi connectivity index (χ4n) is 1.84. The Hall–Kier alpha value is -0.200. The molecule has 1 aliphatic carbocycles. The second-order valence-corrected chi connectivity index (χ2v) is 4.30. The highest BCUT2D eigenvalue weighted by atomic mass is 35.5. The largest absolute Gasteiger partial charge is 0.0827 e. The minimum absolute atomic E-state index is 0.685. The second-order valence-electron chi connectivity index (χ2n) is 3.51. The molecule has 0 amide bonds. The average Bonchev–Trinajstić information content (AvgIpc) is 2.57. The van der Waals surface area contributed by atoms with Gasteiger partial charge in [-0.05, 0) is 36.0 Å². The van der Waals surface area contributed by atoms with Gasteiger partial charge in [-0.1, -0.05) is 50.0 Å². The molecule has 2 rings (SSSR count). The Morgan fingerprint density at radius 3 is 2.43 bits per heavy atom. The first-order valence-electron chi connectivity index (χ1n) is 5.14. The average molecular weight is 231 g/mol. The van der Waals surface area contributed by atoms with Gasteiger partial charge >= 0.3 is 0 Å². The molecule has 1 unspecified atom stereocenters. The van der Waals surface area contributed by atoms with Gasteiger partial charge in [0.2, 0.25) is 0 Å². The Morgan fingerprint density at radius 1 is 1.14 bits per heavy atom. The van der Waals surface area contributed by atoms with Crippen LogP contribution in [0.1, 0.15) is 31.9 Å². The summed E-state index contributed by atoms with van der Waals surface area (Å²) in [6, 6.07) is 3.98. The molecule has 0 radical (unpaired) electrons. The number of rotatable bonds is 0. The van der Waals surface area contributed by atoms with Gasteiger partial charge in [0.25, 0.3) is 0 Å². The Morgan fingerprint density at radius 2 is 1.79 bits per heavy atom. The molecule has 0 saturated heterocycles. The van der Waals surface area contributed by atoms with Crippen LogP contribution in [0.5, 0.6) is 0 Å². The standard InChI is InChI=1S/C10H10Cl2.C2H6/c1-6-4-7-2-3-9(11)10(12)8(7)5-6;1-2/h2-3,6H,4-5H2,1H3;1-2H3. The van der Waals surface area contributed by atoms with Crippen molar-refractivity contribution >= 4 is 23.2 Å². The van der Waals surface area contributed by atoms with Gasteiger partial charge in [0.05, 0.1) is 10.0 Å². The van der Waals surface area contributed by atoms with Crippen LogP contribution in [0.2, 0.25) is 10.0 Å². The topological polar surface area (TPSA) is 0 Å². The highest BCUT2D eigenvalue weighted by Crippen LogP contribution is 2.36. The maximum absolute atomic E-state index is 6.07. The Kier molecular flexibility index (Phi) is 4.28. The number of fused-ring (bicyclic) bond motifs is 1. The highest BCUT2D eigenvalue weighted by Gasteiger charge is 2.20. The van der Waals surface area contributed by atoms with Gasteiger partial charge in [-0.15, -0.1) is 0 Å². The summed E-state index contributed by atoms with van der Waals surface area (Å²) in [5.41, 5.74) is 2.63. The van der Waals surface area contributed by atoms with E-state index in [9.17, 15) is 0 Å². The van der Waals surface area contributed by atoms with Crippen LogP contribution in [-0.4, -0.2) is 0 Å². The Balaban J connectivity index is 0.000000461. The lowest BCUT2D eigenvalue weighted by Gasteiger charge is -2.02. The molecule has 0 aromatic heterocycles. The summed E-state index contributed by atoms with van der Waals surface area (Å²) in [6.45, 7) is 6.24. The van der Waals surface area contributed by atoms with E-state index in [-0.39, 0.29) is 0 Å². The van der Waals surface area contributed by atoms with Crippen LogP contribution in [0.25, 0.3) is 0 Å². The molecule has 2 heteroatoms. The highest BCUT2D eigenvalue weighted by molar-refractivity contribution is 6.42. The number of benzene rings is 1. The van der Waals surface area contributed by atoms with Crippen molar-refractivity contribution in [3.63, 3.8) is 0 Å². The summed E-state index contributed by atoms with van der Waals surface area (Å²) in [6.07, 6.45) is 2.22. The molecule has 1 aliphatic rings. The SMILES string of the molecule is CC.CC1Cc2ccc(Cl)c(Cl)c2C1. The van der Waals surface area contributed by atoms with E-state index in [0.717, 1.165) is 23.8 Å². The van der Waals surface area contributed by atoms with Gasteiger partial charge in [-0.25, -0.2) is 0 Å². The molecule has 0 bridgehead atoms. The van der Waals surface area contributed by atoms with E-state index in [1.165, 1.54) is 11.1 Å². The molecule has 1 aromatic rings. The van der Waals surface area contributed by atoms with Crippen LogP contribution in [0.15, 0.2) is 12.1 Å². The first-order valence-corrected chi connectivity index (χ1v) is 5.90. The maximum atomic E-state index is 6.07. The maximum Gasteiger partial charge on any atom is 0.0627 e. The lowest BCUT2D eigenvalue weighted by molar-refractivity contribution is 0.628. The summed E-state index contributed by atoms with van der Waals surface area (Å²) in [4.78, 5) is 0. The summed E-state index contributed by atoms with van der Waals surface area (Å²) in [5.74, 6) is 0.718. The van der Waals surface area contributed by atoms with Gasteiger partial charge in [0.15, 0.2) is 0 Å². The van der Waals surface area contributed by atoms with E-state index in [1.807, 2.05) is 19.9 Å². The van der Waals surface area contributed by atoms with E-state index in [2.05, 4.69) is 13.0 Å². The van der Waals surface area contributed by atoms with E-state index < -0.39 is 0 Å². The lowest BCUT2D eigenvalue weighted by Crippen LogP contribution is -1.89. The molecule has 1 aromatic carbocycles. The third-order valence-electron chi connectivity index (χ3n) is 2.41. The first kappa shape index (κ1) is 11.9. The van der Waals surface area contributed by atoms with Crippen molar-refractivity contribution in [2.24, 2.45) is 5.92 Å². The number of hydrogen-bond acceptors (Lipinski definition) is 0. The van der Waals surface area contributed by atoms with Crippen molar-refractivity contribution in [2.75, 3.05) is 0 Å². The van der Waals surface area contributed by atoms with E-state index in [0.29, 0.717) is 5.02 Å². The van der Waals surface area contributed by atoms with Crippen LogP contribution in [-0.2, 0) is 12.8 Å². The summed E-state index contributed by atoms with van der Waals surface area (Å²) >= 11 is 12.0. The third-order valence-corrected chi connectivity index (χ3v) is 3.26. The van der Waals surface area contributed by atoms with Crippen LogP contribution in [0, 0.1) is 5.92 Å². The molecule has 0 heterocycles. The summed E-state index contributed by atoms with van der Waals surface area (Å²) in [5, 5.41) is 1.45. The molecule has 1 atom stereocenters. The van der Waals surface area contributed by atoms with Crippen molar-refractivity contribution in [3.05, 3.63) is 33.3 Å². The molecule has 0 spiro atoms. The van der Waals surface area contributed by atoms with E-state index in [1.54, 1.807) is 0 Å². The Labute approximate surface area is 96.2 Å². The predicted molar refractivity (Wildman–Crippen MR) is 64.4 cm³/mol. The van der Waals surface area contributed by atoms with Gasteiger partial charge in [0, 0.05) is 0 Å². The van der Waals surface area contributed by atoms with Crippen LogP contribution < -0.4 is 0 Å². The van der Waals surface area contributed by atoms with Crippen molar-refractivity contribution in [1.82, 2.24) is 0 Å². The molecule has 0 aliphatic heterocycles. The van der Waals surface area contributed by atoms with Crippen LogP contribution >= 0.6 is 23.2 Å². The third kappa shape index (κ3) is 2.24. The van der Waals surface area contributed by atoms with Crippen molar-refractivity contribution < 1.29 is 0 Å². The molecule has 78 valence electrons. The fourth-order valence-corrected chi connectivity index (χ4v) is 2.28. The molecule has 0 saturated carbocycles. The smallest absolute Gasteiger partial charge is 0.0627 e. The summed E-state index contributed by atoms with van der Waals surface area (Å²) in [7, 11) is 0. The lowest BCUT2D eigenvalue weighted by atomic mass is 10.1. The minimum Gasteiger partial charge on any atom is -0.0827 e. The van der Waals surface area contributed by atoms with Crippen molar-refractivity contribution in [3.8, 4) is 0 Å². The molecule has 0 fully saturated rings. The Bertz CT molecular complexity index is 318. The zero-order chi connectivity index (χ0) is 10.7. The molecular formula is C12H16Cl2. The molecular weight excluding hydrogens is 215 g/mol. The quantitative estimate of drug-likeness (QED) is 0.604. The minimum atomic E-state index is 0.685. The van der Waals surface area contributed by atoms with E-state index >= 15 is 0 Å². The fraction of sp³-hybridized carbons (Fsp3) is 0.500. The first-order chi connectivity index (χ1) is 6.68. The van der Waals surface area contributed by atoms with E-state index in [4.69, 9.17) is 23.2 Å². The monoisotopic (exact) mass is 230 g/mol. The zero-order valence-corrected chi connectivity index (χ0v) is 10.4. The normalized spacial score (nSPS) is 18.5. The van der Waals surface area contributed by atoms with Gasteiger partial charge in [-0.2, -0.15) is 0 Å². The molecule has 0 nitrogen and oxygen atoms in total. The molecule has 0 N–H and O–H groups in total. The van der Waals surface area contributed by atoms with Crippen molar-refractivity contribution in [1.29, 1.82) is 0 Å². The van der Waals surface area contributed by atoms with Gasteiger partial charge in [0.1, 0.15) is 0 Å². The zero-order valence-electron chi connectivity index (χ0n) is 8.90. The second kappa shape index (κ2) is 5.04. The van der Waals surface area contributed by atoms with Crippen LogP contribution in [0.4, 0.5) is 0 Å². The number of hydrogen-bond donors (Lipinski definition) is 0.